The minimum absolute atomic E-state index is 0.0345. The third kappa shape index (κ3) is 2.54. The number of aromatic nitrogens is 3. The summed E-state index contributed by atoms with van der Waals surface area (Å²) in [5, 5.41) is 7.61. The molecule has 0 aliphatic rings. The Morgan fingerprint density at radius 1 is 1.50 bits per heavy atom. The molecule has 1 heterocycles. The largest absolute Gasteiger partial charge is 0.398 e. The summed E-state index contributed by atoms with van der Waals surface area (Å²) in [6.07, 6.45) is 0. The molecule has 0 aliphatic heterocycles. The van der Waals surface area contributed by atoms with Crippen LogP contribution in [0.1, 0.15) is 19.9 Å². The molecule has 5 nitrogen and oxygen atoms in total. The molecule has 2 rings (SSSR count). The molecule has 3 N–H and O–H groups in total. The van der Waals surface area contributed by atoms with Crippen molar-refractivity contribution in [1.29, 1.82) is 0 Å². The maximum absolute atomic E-state index is 11.6. The van der Waals surface area contributed by atoms with Gasteiger partial charge in [0.25, 0.3) is 0 Å². The number of anilines is 1. The van der Waals surface area contributed by atoms with Crippen molar-refractivity contribution in [2.75, 3.05) is 5.73 Å². The second kappa shape index (κ2) is 5.07. The van der Waals surface area contributed by atoms with Gasteiger partial charge in [-0.1, -0.05) is 11.6 Å². The molecule has 0 fully saturated rings. The Morgan fingerprint density at radius 3 is 2.83 bits per heavy atom. The van der Waals surface area contributed by atoms with Crippen molar-refractivity contribution in [3.63, 3.8) is 0 Å². The maximum atomic E-state index is 11.6. The van der Waals surface area contributed by atoms with E-state index in [9.17, 15) is 4.79 Å². The first-order chi connectivity index (χ1) is 8.49. The van der Waals surface area contributed by atoms with Crippen LogP contribution in [0.2, 0.25) is 5.02 Å². The zero-order valence-electron chi connectivity index (χ0n) is 9.98. The maximum Gasteiger partial charge on any atom is 0.344 e. The van der Waals surface area contributed by atoms with Crippen LogP contribution in [0.25, 0.3) is 0 Å². The molecular weight excluding hydrogens is 272 g/mol. The smallest absolute Gasteiger partial charge is 0.344 e. The lowest BCUT2D eigenvalue weighted by molar-refractivity contribution is 0.534. The lowest BCUT2D eigenvalue weighted by atomic mass is 10.3. The number of hydrogen-bond donors (Lipinski definition) is 2. The summed E-state index contributed by atoms with van der Waals surface area (Å²) in [7, 11) is 0. The molecule has 0 radical (unpaired) electrons. The van der Waals surface area contributed by atoms with Gasteiger partial charge in [0.1, 0.15) is 0 Å². The van der Waals surface area contributed by atoms with Crippen molar-refractivity contribution in [3.8, 4) is 0 Å². The molecule has 0 unspecified atom stereocenters. The molecule has 7 heteroatoms. The third-order valence-electron chi connectivity index (χ3n) is 2.36. The fourth-order valence-corrected chi connectivity index (χ4v) is 2.70. The number of rotatable bonds is 3. The Hall–Kier alpha value is -1.40. The molecule has 1 aromatic heterocycles. The fraction of sp³-hybridized carbons (Fsp3) is 0.273. The van der Waals surface area contributed by atoms with E-state index in [1.165, 1.54) is 11.8 Å². The Morgan fingerprint density at radius 2 is 2.22 bits per heavy atom. The van der Waals surface area contributed by atoms with Crippen molar-refractivity contribution >= 4 is 29.1 Å². The standard InChI is InChI=1S/C11H13ClN4OS/c1-6(2)16-10(17)14-15-11(16)18-9-4-3-7(12)5-8(9)13/h3-6H,13H2,1-2H3,(H,14,17). The van der Waals surface area contributed by atoms with Gasteiger partial charge in [-0.3, -0.25) is 4.57 Å². The lowest BCUT2D eigenvalue weighted by Gasteiger charge is -2.09. The molecule has 0 saturated heterocycles. The first-order valence-corrected chi connectivity index (χ1v) is 6.58. The second-order valence-corrected chi connectivity index (χ2v) is 5.50. The van der Waals surface area contributed by atoms with Gasteiger partial charge in [0.05, 0.1) is 0 Å². The molecular formula is C11H13ClN4OS. The van der Waals surface area contributed by atoms with Crippen LogP contribution < -0.4 is 11.4 Å². The van der Waals surface area contributed by atoms with Gasteiger partial charge >= 0.3 is 5.69 Å². The summed E-state index contributed by atoms with van der Waals surface area (Å²) in [6, 6.07) is 5.28. The van der Waals surface area contributed by atoms with E-state index < -0.39 is 0 Å². The van der Waals surface area contributed by atoms with Crippen LogP contribution >= 0.6 is 23.4 Å². The molecule has 0 saturated carbocycles. The van der Waals surface area contributed by atoms with E-state index in [0.29, 0.717) is 15.9 Å². The Kier molecular flexibility index (Phi) is 3.68. The summed E-state index contributed by atoms with van der Waals surface area (Å²) >= 11 is 7.18. The highest BCUT2D eigenvalue weighted by molar-refractivity contribution is 7.99. The highest BCUT2D eigenvalue weighted by atomic mass is 35.5. The van der Waals surface area contributed by atoms with Gasteiger partial charge in [0.2, 0.25) is 0 Å². The molecule has 0 aliphatic carbocycles. The van der Waals surface area contributed by atoms with E-state index in [2.05, 4.69) is 10.2 Å². The van der Waals surface area contributed by atoms with Gasteiger partial charge in [-0.25, -0.2) is 9.89 Å². The lowest BCUT2D eigenvalue weighted by Crippen LogP contribution is -2.19. The number of H-pyrrole nitrogens is 1. The molecule has 1 aromatic carbocycles. The first-order valence-electron chi connectivity index (χ1n) is 5.39. The van der Waals surface area contributed by atoms with Crippen molar-refractivity contribution in [2.45, 2.75) is 29.9 Å². The summed E-state index contributed by atoms with van der Waals surface area (Å²) in [6.45, 7) is 3.85. The first kappa shape index (κ1) is 13.0. The fourth-order valence-electron chi connectivity index (χ4n) is 1.53. The van der Waals surface area contributed by atoms with Crippen molar-refractivity contribution in [2.24, 2.45) is 0 Å². The van der Waals surface area contributed by atoms with Gasteiger partial charge in [-0.15, -0.1) is 5.10 Å². The average Bonchev–Trinajstić information content (AvgIpc) is 2.64. The Bertz CT molecular complexity index is 620. The number of nitrogens with zero attached hydrogens (tertiary/aromatic N) is 2. The molecule has 18 heavy (non-hydrogen) atoms. The van der Waals surface area contributed by atoms with E-state index in [0.717, 1.165) is 4.90 Å². The van der Waals surface area contributed by atoms with E-state index in [1.54, 1.807) is 16.7 Å². The minimum Gasteiger partial charge on any atom is -0.398 e. The molecule has 0 amide bonds. The van der Waals surface area contributed by atoms with Gasteiger partial charge in [-0.2, -0.15) is 0 Å². The SMILES string of the molecule is CC(C)n1c(Sc2ccc(Cl)cc2N)n[nH]c1=O. The summed E-state index contributed by atoms with van der Waals surface area (Å²) in [4.78, 5) is 12.4. The highest BCUT2D eigenvalue weighted by Crippen LogP contribution is 2.32. The molecule has 0 spiro atoms. The average molecular weight is 285 g/mol. The van der Waals surface area contributed by atoms with Crippen molar-refractivity contribution < 1.29 is 0 Å². The van der Waals surface area contributed by atoms with Crippen LogP contribution in [-0.4, -0.2) is 14.8 Å². The Labute approximate surface area is 113 Å². The number of nitrogens with two attached hydrogens (primary N) is 1. The zero-order valence-corrected chi connectivity index (χ0v) is 11.5. The Balaban J connectivity index is 2.37. The van der Waals surface area contributed by atoms with Crippen LogP contribution in [-0.2, 0) is 0 Å². The van der Waals surface area contributed by atoms with E-state index >= 15 is 0 Å². The zero-order chi connectivity index (χ0) is 13.3. The van der Waals surface area contributed by atoms with Crippen LogP contribution in [0.3, 0.4) is 0 Å². The predicted molar refractivity (Wildman–Crippen MR) is 73.2 cm³/mol. The van der Waals surface area contributed by atoms with Crippen LogP contribution in [0.15, 0.2) is 33.0 Å². The van der Waals surface area contributed by atoms with Crippen molar-refractivity contribution in [3.05, 3.63) is 33.7 Å². The number of benzene rings is 1. The third-order valence-corrected chi connectivity index (χ3v) is 3.66. The highest BCUT2D eigenvalue weighted by Gasteiger charge is 2.13. The normalized spacial score (nSPS) is 11.1. The topological polar surface area (TPSA) is 76.7 Å². The number of aromatic amines is 1. The van der Waals surface area contributed by atoms with Gasteiger partial charge in [-0.05, 0) is 43.8 Å². The van der Waals surface area contributed by atoms with Gasteiger partial charge in [0, 0.05) is 21.6 Å². The van der Waals surface area contributed by atoms with Gasteiger partial charge in [0.15, 0.2) is 5.16 Å². The van der Waals surface area contributed by atoms with Gasteiger partial charge < -0.3 is 5.73 Å². The predicted octanol–water partition coefficient (Wildman–Crippen LogP) is 2.54. The molecule has 0 bridgehead atoms. The number of nitrogens with one attached hydrogen (secondary N) is 1. The summed E-state index contributed by atoms with van der Waals surface area (Å²) in [5.41, 5.74) is 6.22. The van der Waals surface area contributed by atoms with Crippen LogP contribution in [0.4, 0.5) is 5.69 Å². The van der Waals surface area contributed by atoms with E-state index in [1.807, 2.05) is 19.9 Å². The summed E-state index contributed by atoms with van der Waals surface area (Å²) in [5.74, 6) is 0. The minimum atomic E-state index is -0.222. The molecule has 96 valence electrons. The molecule has 2 aromatic rings. The van der Waals surface area contributed by atoms with Crippen LogP contribution in [0, 0.1) is 0 Å². The number of hydrogen-bond acceptors (Lipinski definition) is 4. The second-order valence-electron chi connectivity index (χ2n) is 4.06. The number of nitrogen functional groups attached to an aromatic ring is 1. The number of halogens is 1. The van der Waals surface area contributed by atoms with Crippen molar-refractivity contribution in [1.82, 2.24) is 14.8 Å². The molecule has 0 atom stereocenters. The quantitative estimate of drug-likeness (QED) is 0.849. The van der Waals surface area contributed by atoms with E-state index in [4.69, 9.17) is 17.3 Å². The monoisotopic (exact) mass is 284 g/mol. The van der Waals surface area contributed by atoms with Crippen LogP contribution in [0.5, 0.6) is 0 Å². The summed E-state index contributed by atoms with van der Waals surface area (Å²) < 4.78 is 1.58. The van der Waals surface area contributed by atoms with E-state index in [-0.39, 0.29) is 11.7 Å².